The first-order valence-electron chi connectivity index (χ1n) is 7.52. The van der Waals surface area contributed by atoms with Gasteiger partial charge in [-0.15, -0.1) is 13.2 Å². The van der Waals surface area contributed by atoms with Crippen LogP contribution in [0.4, 0.5) is 0 Å². The molecule has 1 aromatic rings. The lowest BCUT2D eigenvalue weighted by Gasteiger charge is -2.00. The van der Waals surface area contributed by atoms with Gasteiger partial charge in [-0.25, -0.2) is 4.57 Å². The number of nitrogens with zero attached hydrogens (tertiary/aromatic N) is 1. The van der Waals surface area contributed by atoms with Crippen LogP contribution in [0.3, 0.4) is 0 Å². The van der Waals surface area contributed by atoms with E-state index in [9.17, 15) is 0 Å². The van der Waals surface area contributed by atoms with Gasteiger partial charge < -0.3 is 4.74 Å². The Morgan fingerprint density at radius 3 is 2.64 bits per heavy atom. The second kappa shape index (κ2) is 11.3. The zero-order valence-electron chi connectivity index (χ0n) is 13.2. The Bertz CT molecular complexity index is 527. The molecule has 22 heavy (non-hydrogen) atoms. The number of hydrogen-bond donors (Lipinski definition) is 1. The first-order chi connectivity index (χ1) is 10.8. The van der Waals surface area contributed by atoms with Crippen molar-refractivity contribution >= 4 is 6.21 Å². The highest BCUT2D eigenvalue weighted by molar-refractivity contribution is 5.67. The fourth-order valence-electron chi connectivity index (χ4n) is 1.96. The lowest BCUT2D eigenvalue weighted by Crippen LogP contribution is -2.33. The van der Waals surface area contributed by atoms with Crippen molar-refractivity contribution in [3.63, 3.8) is 0 Å². The summed E-state index contributed by atoms with van der Waals surface area (Å²) >= 11 is 0. The van der Waals surface area contributed by atoms with Gasteiger partial charge in [0.2, 0.25) is 0 Å². The number of allylic oxidation sites excluding steroid dienone is 5. The van der Waals surface area contributed by atoms with Gasteiger partial charge in [0, 0.05) is 24.6 Å². The molecule has 0 aliphatic rings. The van der Waals surface area contributed by atoms with E-state index < -0.39 is 0 Å². The number of ether oxygens (including phenoxy) is 1. The fraction of sp³-hybridized carbons (Fsp3) is 0.263. The van der Waals surface area contributed by atoms with E-state index in [4.69, 9.17) is 10.1 Å². The summed E-state index contributed by atoms with van der Waals surface area (Å²) in [7, 11) is 0. The molecule has 3 heteroatoms. The Kier molecular flexibility index (Phi) is 9.03. The van der Waals surface area contributed by atoms with Crippen molar-refractivity contribution in [2.75, 3.05) is 6.61 Å². The second-order valence-corrected chi connectivity index (χ2v) is 4.89. The maximum absolute atomic E-state index is 5.50. The molecule has 1 heterocycles. The number of aryl methyl sites for hydroxylation is 1. The van der Waals surface area contributed by atoms with Crippen LogP contribution in [-0.2, 0) is 17.7 Å². The summed E-state index contributed by atoms with van der Waals surface area (Å²) in [6, 6.07) is 4.25. The predicted octanol–water partition coefficient (Wildman–Crippen LogP) is 1.96. The Morgan fingerprint density at radius 1 is 1.23 bits per heavy atom. The molecule has 0 radical (unpaired) electrons. The number of rotatable bonds is 11. The Balaban J connectivity index is 2.27. The normalized spacial score (nSPS) is 11.4. The van der Waals surface area contributed by atoms with E-state index in [1.54, 1.807) is 6.26 Å². The van der Waals surface area contributed by atoms with Crippen LogP contribution in [-0.4, -0.2) is 12.8 Å². The van der Waals surface area contributed by atoms with Gasteiger partial charge in [0.15, 0.2) is 25.2 Å². The molecule has 0 saturated heterocycles. The molecule has 0 aliphatic heterocycles. The molecule has 2 N–H and O–H groups in total. The topological polar surface area (TPSA) is 38.7 Å². The largest absolute Gasteiger partial charge is 0.501 e. The molecule has 0 fully saturated rings. The minimum absolute atomic E-state index is 0.686. The summed E-state index contributed by atoms with van der Waals surface area (Å²) in [5.74, 6) is 0. The van der Waals surface area contributed by atoms with Crippen molar-refractivity contribution in [1.29, 1.82) is 0 Å². The molecule has 0 aromatic carbocycles. The molecule has 0 aliphatic carbocycles. The molecule has 116 valence electrons. The van der Waals surface area contributed by atoms with Crippen molar-refractivity contribution in [2.24, 2.45) is 0 Å². The highest BCUT2D eigenvalue weighted by Gasteiger charge is 2.00. The quantitative estimate of drug-likeness (QED) is 0.166. The van der Waals surface area contributed by atoms with Gasteiger partial charge in [-0.2, -0.15) is 0 Å². The Morgan fingerprint density at radius 2 is 2.00 bits per heavy atom. The third-order valence-electron chi connectivity index (χ3n) is 3.09. The third kappa shape index (κ3) is 7.39. The SMILES string of the molecule is C=CCC(/C=C\OCCC[n+]1ccc(CC=C)cc1)=C/C=[NH2+]. The zero-order valence-corrected chi connectivity index (χ0v) is 13.2. The van der Waals surface area contributed by atoms with Crippen molar-refractivity contribution in [1.82, 2.24) is 0 Å². The number of nitrogens with two attached hydrogens (primary N) is 1. The Labute approximate surface area is 133 Å². The predicted molar refractivity (Wildman–Crippen MR) is 91.1 cm³/mol. The lowest BCUT2D eigenvalue weighted by molar-refractivity contribution is -0.697. The Hall–Kier alpha value is -2.42. The van der Waals surface area contributed by atoms with E-state index in [0.29, 0.717) is 6.61 Å². The van der Waals surface area contributed by atoms with Crippen LogP contribution in [0.2, 0.25) is 0 Å². The smallest absolute Gasteiger partial charge is 0.169 e. The molecule has 3 nitrogen and oxygen atoms in total. The molecule has 1 rings (SSSR count). The van der Waals surface area contributed by atoms with Crippen LogP contribution in [0.15, 0.2) is 73.8 Å². The highest BCUT2D eigenvalue weighted by atomic mass is 16.5. The van der Waals surface area contributed by atoms with Crippen LogP contribution >= 0.6 is 0 Å². The fourth-order valence-corrected chi connectivity index (χ4v) is 1.96. The van der Waals surface area contributed by atoms with E-state index in [0.717, 1.165) is 31.4 Å². The number of aromatic nitrogens is 1. The molecule has 1 aromatic heterocycles. The highest BCUT2D eigenvalue weighted by Crippen LogP contribution is 2.03. The third-order valence-corrected chi connectivity index (χ3v) is 3.09. The maximum atomic E-state index is 5.50. The number of pyridine rings is 1. The standard InChI is InChI=1S/C19H25N2O/c1-3-6-18(8-12-20)11-17-22-16-5-13-21-14-9-19(7-4-2)10-15-21/h3-4,8-12,14-15,17,20H,1-2,5-7,13,16H2/q+1/p+1/b17-11-,18-8-,20-12?. The van der Waals surface area contributed by atoms with Crippen molar-refractivity contribution < 1.29 is 14.7 Å². The van der Waals surface area contributed by atoms with Crippen molar-refractivity contribution in [2.45, 2.75) is 25.8 Å². The van der Waals surface area contributed by atoms with Gasteiger partial charge in [-0.05, 0) is 30.1 Å². The van der Waals surface area contributed by atoms with Crippen LogP contribution in [0, 0.1) is 0 Å². The lowest BCUT2D eigenvalue weighted by atomic mass is 10.2. The summed E-state index contributed by atoms with van der Waals surface area (Å²) in [4.78, 5) is 0. The van der Waals surface area contributed by atoms with Crippen molar-refractivity contribution in [3.05, 3.63) is 79.4 Å². The first kappa shape index (κ1) is 17.6. The van der Waals surface area contributed by atoms with Gasteiger partial charge in [0.05, 0.1) is 12.9 Å². The average molecular weight is 298 g/mol. The van der Waals surface area contributed by atoms with Crippen LogP contribution in [0.1, 0.15) is 18.4 Å². The molecular weight excluding hydrogens is 272 g/mol. The summed E-state index contributed by atoms with van der Waals surface area (Å²) in [5, 5.41) is 5.39. The van der Waals surface area contributed by atoms with Gasteiger partial charge in [0.25, 0.3) is 0 Å². The summed E-state index contributed by atoms with van der Waals surface area (Å²) in [6.07, 6.45) is 17.6. The van der Waals surface area contributed by atoms with Crippen molar-refractivity contribution in [3.8, 4) is 0 Å². The molecule has 0 unspecified atom stereocenters. The van der Waals surface area contributed by atoms with E-state index in [2.05, 4.69) is 42.3 Å². The van der Waals surface area contributed by atoms with E-state index in [1.807, 2.05) is 24.3 Å². The van der Waals surface area contributed by atoms with Crippen LogP contribution in [0.25, 0.3) is 0 Å². The van der Waals surface area contributed by atoms with Crippen LogP contribution in [0.5, 0.6) is 0 Å². The summed E-state index contributed by atoms with van der Waals surface area (Å²) in [6.45, 7) is 9.08. The van der Waals surface area contributed by atoms with E-state index in [1.165, 1.54) is 11.8 Å². The second-order valence-electron chi connectivity index (χ2n) is 4.89. The molecule has 0 saturated carbocycles. The maximum Gasteiger partial charge on any atom is 0.169 e. The summed E-state index contributed by atoms with van der Waals surface area (Å²) < 4.78 is 7.66. The van der Waals surface area contributed by atoms with E-state index >= 15 is 0 Å². The van der Waals surface area contributed by atoms with Crippen LogP contribution < -0.4 is 9.98 Å². The van der Waals surface area contributed by atoms with Gasteiger partial charge in [0.1, 0.15) is 0 Å². The zero-order chi connectivity index (χ0) is 16.0. The van der Waals surface area contributed by atoms with E-state index in [-0.39, 0.29) is 0 Å². The molecule has 0 amide bonds. The molecule has 0 spiro atoms. The molecular formula is C19H26N2O+2. The monoisotopic (exact) mass is 298 g/mol. The minimum atomic E-state index is 0.686. The van der Waals surface area contributed by atoms with Gasteiger partial charge in [-0.3, -0.25) is 5.41 Å². The number of hydrogen-bond acceptors (Lipinski definition) is 1. The molecule has 0 atom stereocenters. The molecule has 0 bridgehead atoms. The van der Waals surface area contributed by atoms with Gasteiger partial charge >= 0.3 is 0 Å². The average Bonchev–Trinajstić information content (AvgIpc) is 2.53. The van der Waals surface area contributed by atoms with Gasteiger partial charge in [-0.1, -0.05) is 12.2 Å². The minimum Gasteiger partial charge on any atom is -0.501 e. The summed E-state index contributed by atoms with van der Waals surface area (Å²) in [5.41, 5.74) is 2.35. The first-order valence-corrected chi connectivity index (χ1v) is 7.52.